The Morgan fingerprint density at radius 1 is 0.250 bits per heavy atom. The Morgan fingerprint density at radius 2 is 0.570 bits per heavy atom. The van der Waals surface area contributed by atoms with Gasteiger partial charge in [0, 0.05) is 89.8 Å². The highest BCUT2D eigenvalue weighted by Crippen LogP contribution is 2.62. The summed E-state index contributed by atoms with van der Waals surface area (Å²) in [5.41, 5.74) is 7.79. The summed E-state index contributed by atoms with van der Waals surface area (Å²) < 4.78 is 168. The zero-order valence-corrected chi connectivity index (χ0v) is 67.9. The summed E-state index contributed by atoms with van der Waals surface area (Å²) in [4.78, 5) is 3.15. The lowest BCUT2D eigenvalue weighted by Gasteiger charge is -2.35. The molecule has 0 aliphatic heterocycles. The molecule has 0 bridgehead atoms. The first kappa shape index (κ1) is 77.7. The molecule has 20 aromatic rings. The van der Waals surface area contributed by atoms with E-state index < -0.39 is 57.4 Å². The highest BCUT2D eigenvalue weighted by atomic mass is 19.2. The lowest BCUT2D eigenvalue weighted by atomic mass is 9.67. The molecule has 22 rings (SSSR count). The normalized spacial score (nSPS) is 14.2. The second-order valence-corrected chi connectivity index (χ2v) is 31.9. The number of halogens is 8. The van der Waals surface area contributed by atoms with Crippen LogP contribution >= 0.6 is 0 Å². The average Bonchev–Trinajstić information content (AvgIpc) is 1.53. The Balaban J connectivity index is 0.692. The number of ether oxygens (including phenoxy) is 2. The lowest BCUT2D eigenvalue weighted by Crippen LogP contribution is -2.31. The van der Waals surface area contributed by atoms with Crippen LogP contribution in [0.4, 0.5) is 69.2 Å². The molecule has 0 radical (unpaired) electrons. The SMILES string of the molecule is C=Cc1ccc(Oc2ccc(C3(c4c(F)cccc4F)c4ccccc4-c4ccc(N(c5ccc(-c6ccc(N(c7ccc8c(c7)C(c7ccc(Oc9ccc(C=C)cc9)cc7)(c7c(F)cccc7F)c7ccccc7-8)c7cc(F)c(-c8cccc9c8oc8ccccc89)cc7F)cc6)cc5)c5cc(F)c(-c6cccc7c6oc6ccccc67)cc5F)cc43)cc2)cc1. The van der Waals surface area contributed by atoms with E-state index in [2.05, 4.69) is 13.2 Å². The number of fused-ring (bicyclic) bond motifs is 12. The van der Waals surface area contributed by atoms with Crippen LogP contribution in [0.25, 0.3) is 112 Å². The molecule has 0 fully saturated rings. The van der Waals surface area contributed by atoms with Crippen molar-refractivity contribution in [2.24, 2.45) is 0 Å². The van der Waals surface area contributed by atoms with Crippen LogP contribution in [0.3, 0.4) is 0 Å². The summed E-state index contributed by atoms with van der Waals surface area (Å²) in [5, 5.41) is 3.01. The number of hydrogen-bond acceptors (Lipinski definition) is 6. The zero-order chi connectivity index (χ0) is 86.8. The molecule has 18 aromatic carbocycles. The molecule has 2 heterocycles. The fourth-order valence-corrected chi connectivity index (χ4v) is 19.3. The van der Waals surface area contributed by atoms with Gasteiger partial charge in [-0.3, -0.25) is 0 Å². The number of anilines is 6. The highest BCUT2D eigenvalue weighted by Gasteiger charge is 2.52. The molecule has 14 heteroatoms. The predicted molar refractivity (Wildman–Crippen MR) is 494 cm³/mol. The molecule has 0 spiro atoms. The Kier molecular flexibility index (Phi) is 18.7. The number of furan rings is 2. The van der Waals surface area contributed by atoms with E-state index in [0.29, 0.717) is 145 Å². The fourth-order valence-electron chi connectivity index (χ4n) is 19.3. The molecule has 2 atom stereocenters. The van der Waals surface area contributed by atoms with Crippen molar-refractivity contribution in [1.29, 1.82) is 0 Å². The topological polar surface area (TPSA) is 51.2 Å². The van der Waals surface area contributed by atoms with E-state index in [1.165, 1.54) is 36.4 Å². The molecule has 614 valence electrons. The van der Waals surface area contributed by atoms with Gasteiger partial charge in [-0.25, -0.2) is 35.1 Å². The number of benzene rings is 18. The van der Waals surface area contributed by atoms with E-state index in [4.69, 9.17) is 18.3 Å². The molecule has 2 aliphatic rings. The maximum Gasteiger partial charge on any atom is 0.148 e. The molecule has 0 saturated carbocycles. The van der Waals surface area contributed by atoms with Crippen molar-refractivity contribution in [3.63, 3.8) is 0 Å². The minimum Gasteiger partial charge on any atom is -0.457 e. The van der Waals surface area contributed by atoms with E-state index in [1.807, 2.05) is 194 Å². The summed E-state index contributed by atoms with van der Waals surface area (Å²) in [7, 11) is 0. The number of rotatable bonds is 19. The van der Waals surface area contributed by atoms with Crippen molar-refractivity contribution < 1.29 is 53.4 Å². The van der Waals surface area contributed by atoms with E-state index in [-0.39, 0.29) is 45.0 Å². The first-order valence-corrected chi connectivity index (χ1v) is 41.6. The van der Waals surface area contributed by atoms with Crippen molar-refractivity contribution in [3.8, 4) is 78.6 Å². The first-order chi connectivity index (χ1) is 62.6. The zero-order valence-electron chi connectivity index (χ0n) is 67.9. The molecule has 128 heavy (non-hydrogen) atoms. The van der Waals surface area contributed by atoms with E-state index in [9.17, 15) is 0 Å². The minimum absolute atomic E-state index is 0.0674. The molecule has 0 N–H and O–H groups in total. The van der Waals surface area contributed by atoms with Crippen LogP contribution in [-0.4, -0.2) is 0 Å². The van der Waals surface area contributed by atoms with Gasteiger partial charge in [0.05, 0.1) is 22.2 Å². The quantitative estimate of drug-likeness (QED) is 0.0752. The number of para-hydroxylation sites is 4. The van der Waals surface area contributed by atoms with Crippen LogP contribution in [0.15, 0.2) is 398 Å². The smallest absolute Gasteiger partial charge is 0.148 e. The van der Waals surface area contributed by atoms with Crippen molar-refractivity contribution in [2.45, 2.75) is 10.8 Å². The molecular weight excluding hydrogens is 1610 g/mol. The van der Waals surface area contributed by atoms with E-state index in [1.54, 1.807) is 143 Å². The van der Waals surface area contributed by atoms with Crippen LogP contribution in [-0.2, 0) is 10.8 Å². The summed E-state index contributed by atoms with van der Waals surface area (Å²) in [6.45, 7) is 7.74. The van der Waals surface area contributed by atoms with Gasteiger partial charge in [0.15, 0.2) is 0 Å². The Bertz CT molecular complexity index is 7400. The van der Waals surface area contributed by atoms with Gasteiger partial charge in [0.1, 0.15) is 91.9 Å². The fraction of sp³-hybridized carbons (Fsp3) is 0.0175. The predicted octanol–water partition coefficient (Wildman–Crippen LogP) is 32.1. The van der Waals surface area contributed by atoms with Crippen LogP contribution in [0, 0.1) is 46.5 Å². The summed E-state index contributed by atoms with van der Waals surface area (Å²) in [6.07, 6.45) is 3.45. The molecular formula is C114H68F8N2O4. The lowest BCUT2D eigenvalue weighted by molar-refractivity contribution is 0.481. The summed E-state index contributed by atoms with van der Waals surface area (Å²) in [6, 6.07) is 106. The standard InChI is InChI=1S/C114H68F8N2O4/c1-3-67-33-51-77(52-34-67)125-79-55-41-71(42-56-79)113(109-97(115)27-15-28-98(109)116)93-25-9-5-17-81(93)83-59-49-75(61-95(83)113)123(105-65-101(119)91(63-103(105)121)89-23-13-21-87-85-19-7-11-31-107(85)127-111(87)89)73-45-37-69(38-46-73)70-39-47-74(48-40-70)124(106-66-102(120)92(64-104(106)122)90-24-14-22-88-86-20-8-12-32-108(86)128-112(88)90)76-50-60-84-82-18-6-10-26-94(82)114(96(84)62-76,110-99(117)29-16-30-100(110)118)72-43-57-80(58-44-72)126-78-53-35-68(4-2)36-54-78/h3-66H,1-2H2. The highest BCUT2D eigenvalue weighted by molar-refractivity contribution is 6.11. The van der Waals surface area contributed by atoms with Gasteiger partial charge in [-0.15, -0.1) is 0 Å². The maximum atomic E-state index is 18.4. The Labute approximate surface area is 729 Å². The third-order valence-corrected chi connectivity index (χ3v) is 25.1. The monoisotopic (exact) mass is 1680 g/mol. The van der Waals surface area contributed by atoms with Gasteiger partial charge in [-0.2, -0.15) is 0 Å². The molecule has 2 unspecified atom stereocenters. The third-order valence-electron chi connectivity index (χ3n) is 25.1. The van der Waals surface area contributed by atoms with Crippen molar-refractivity contribution >= 4 is 90.2 Å². The third kappa shape index (κ3) is 12.5. The molecule has 0 saturated heterocycles. The van der Waals surface area contributed by atoms with Gasteiger partial charge >= 0.3 is 0 Å². The maximum absolute atomic E-state index is 18.4. The van der Waals surface area contributed by atoms with Crippen LogP contribution in [0.1, 0.15) is 55.6 Å². The second kappa shape index (κ2) is 30.9. The van der Waals surface area contributed by atoms with Crippen molar-refractivity contribution in [2.75, 3.05) is 9.80 Å². The number of hydrogen-bond donors (Lipinski definition) is 0. The molecule has 0 amide bonds. The average molecular weight is 1680 g/mol. The first-order valence-electron chi connectivity index (χ1n) is 41.6. The largest absolute Gasteiger partial charge is 0.457 e. The second-order valence-electron chi connectivity index (χ2n) is 31.9. The van der Waals surface area contributed by atoms with Gasteiger partial charge in [-0.05, 0) is 223 Å². The van der Waals surface area contributed by atoms with Crippen LogP contribution in [0.2, 0.25) is 0 Å². The van der Waals surface area contributed by atoms with E-state index in [0.717, 1.165) is 46.2 Å². The Hall–Kier alpha value is -16.3. The summed E-state index contributed by atoms with van der Waals surface area (Å²) in [5.74, 6) is -4.55. The number of nitrogens with zero attached hydrogens (tertiary/aromatic N) is 2. The molecule has 6 nitrogen and oxygen atoms in total. The van der Waals surface area contributed by atoms with Crippen molar-refractivity contribution in [1.82, 2.24) is 0 Å². The minimum atomic E-state index is -1.73. The van der Waals surface area contributed by atoms with Crippen molar-refractivity contribution in [3.05, 3.63) is 491 Å². The van der Waals surface area contributed by atoms with Crippen LogP contribution < -0.4 is 19.3 Å². The summed E-state index contributed by atoms with van der Waals surface area (Å²) >= 11 is 0. The van der Waals surface area contributed by atoms with Gasteiger partial charge < -0.3 is 28.1 Å². The van der Waals surface area contributed by atoms with Gasteiger partial charge in [0.2, 0.25) is 0 Å². The van der Waals surface area contributed by atoms with Gasteiger partial charge in [-0.1, -0.05) is 244 Å². The Morgan fingerprint density at radius 3 is 0.953 bits per heavy atom. The van der Waals surface area contributed by atoms with Gasteiger partial charge in [0.25, 0.3) is 0 Å². The molecule has 2 aliphatic carbocycles. The van der Waals surface area contributed by atoms with E-state index >= 15 is 35.1 Å². The molecule has 2 aromatic heterocycles. The van der Waals surface area contributed by atoms with Crippen LogP contribution in [0.5, 0.6) is 23.0 Å².